The Morgan fingerprint density at radius 1 is 1.22 bits per heavy atom. The van der Waals surface area contributed by atoms with Gasteiger partial charge in [-0.2, -0.15) is 0 Å². The van der Waals surface area contributed by atoms with Crippen molar-refractivity contribution < 1.29 is 19.1 Å². The summed E-state index contributed by atoms with van der Waals surface area (Å²) in [5.74, 6) is 0.644. The van der Waals surface area contributed by atoms with Crippen LogP contribution >= 0.6 is 0 Å². The molecule has 5 nitrogen and oxygen atoms in total. The van der Waals surface area contributed by atoms with E-state index in [1.165, 1.54) is 6.07 Å². The summed E-state index contributed by atoms with van der Waals surface area (Å²) >= 11 is 0. The number of aliphatic hydroxyl groups excluding tert-OH is 1. The van der Waals surface area contributed by atoms with Crippen molar-refractivity contribution in [1.29, 1.82) is 0 Å². The highest BCUT2D eigenvalue weighted by atomic mass is 16.6. The van der Waals surface area contributed by atoms with Crippen molar-refractivity contribution in [3.05, 3.63) is 48.2 Å². The minimum Gasteiger partial charge on any atom is -0.426 e. The number of carbonyl (C=O) groups excluding carboxylic acids is 1. The summed E-state index contributed by atoms with van der Waals surface area (Å²) in [5.41, 5.74) is 0. The fourth-order valence-electron chi connectivity index (χ4n) is 1.36. The van der Waals surface area contributed by atoms with Crippen LogP contribution in [0.3, 0.4) is 0 Å². The molecule has 2 aromatic rings. The molecule has 0 aliphatic heterocycles. The van der Waals surface area contributed by atoms with Gasteiger partial charge in [0.05, 0.1) is 6.61 Å². The number of hydrogen-bond acceptors (Lipinski definition) is 4. The van der Waals surface area contributed by atoms with Gasteiger partial charge in [0, 0.05) is 12.6 Å². The van der Waals surface area contributed by atoms with Crippen LogP contribution in [0.2, 0.25) is 0 Å². The SMILES string of the molecule is O=C(NCCO)c1ccc(Oc2ccccc2)o1. The Morgan fingerprint density at radius 3 is 2.72 bits per heavy atom. The van der Waals surface area contributed by atoms with Gasteiger partial charge in [-0.1, -0.05) is 18.2 Å². The van der Waals surface area contributed by atoms with Crippen LogP contribution in [0.4, 0.5) is 0 Å². The molecule has 1 aromatic heterocycles. The highest BCUT2D eigenvalue weighted by molar-refractivity contribution is 5.91. The van der Waals surface area contributed by atoms with Crippen molar-refractivity contribution in [2.45, 2.75) is 0 Å². The number of para-hydroxylation sites is 1. The van der Waals surface area contributed by atoms with Gasteiger partial charge >= 0.3 is 0 Å². The van der Waals surface area contributed by atoms with Crippen LogP contribution in [0, 0.1) is 0 Å². The number of amides is 1. The van der Waals surface area contributed by atoms with Crippen LogP contribution in [-0.4, -0.2) is 24.2 Å². The van der Waals surface area contributed by atoms with E-state index in [0.29, 0.717) is 5.75 Å². The summed E-state index contributed by atoms with van der Waals surface area (Å²) < 4.78 is 10.6. The fraction of sp³-hybridized carbons (Fsp3) is 0.154. The lowest BCUT2D eigenvalue weighted by atomic mass is 10.3. The van der Waals surface area contributed by atoms with E-state index in [0.717, 1.165) is 0 Å². The van der Waals surface area contributed by atoms with Crippen LogP contribution in [0.1, 0.15) is 10.6 Å². The Bertz CT molecular complexity index is 507. The highest BCUT2D eigenvalue weighted by Crippen LogP contribution is 2.23. The Labute approximate surface area is 104 Å². The quantitative estimate of drug-likeness (QED) is 0.845. The van der Waals surface area contributed by atoms with Gasteiger partial charge in [0.25, 0.3) is 11.9 Å². The first-order valence-electron chi connectivity index (χ1n) is 5.51. The maximum Gasteiger partial charge on any atom is 0.290 e. The van der Waals surface area contributed by atoms with Crippen molar-refractivity contribution in [2.24, 2.45) is 0 Å². The first-order valence-corrected chi connectivity index (χ1v) is 5.51. The predicted molar refractivity (Wildman–Crippen MR) is 64.6 cm³/mol. The maximum absolute atomic E-state index is 11.5. The topological polar surface area (TPSA) is 71.7 Å². The van der Waals surface area contributed by atoms with E-state index < -0.39 is 0 Å². The molecular formula is C13H13NO4. The van der Waals surface area contributed by atoms with E-state index in [1.54, 1.807) is 18.2 Å². The lowest BCUT2D eigenvalue weighted by Crippen LogP contribution is -2.25. The van der Waals surface area contributed by atoms with Gasteiger partial charge < -0.3 is 19.6 Å². The molecular weight excluding hydrogens is 234 g/mol. The monoisotopic (exact) mass is 247 g/mol. The highest BCUT2D eigenvalue weighted by Gasteiger charge is 2.11. The molecule has 18 heavy (non-hydrogen) atoms. The summed E-state index contributed by atoms with van der Waals surface area (Å²) in [5, 5.41) is 11.1. The summed E-state index contributed by atoms with van der Waals surface area (Å²) in [6.07, 6.45) is 0. The molecule has 0 saturated heterocycles. The zero-order valence-corrected chi connectivity index (χ0v) is 9.63. The number of hydrogen-bond donors (Lipinski definition) is 2. The number of aliphatic hydroxyl groups is 1. The fourth-order valence-corrected chi connectivity index (χ4v) is 1.36. The van der Waals surface area contributed by atoms with E-state index in [9.17, 15) is 4.79 Å². The second-order valence-corrected chi connectivity index (χ2v) is 3.51. The lowest BCUT2D eigenvalue weighted by molar-refractivity contribution is 0.0912. The molecule has 0 unspecified atom stereocenters. The molecule has 2 rings (SSSR count). The van der Waals surface area contributed by atoms with Crippen LogP contribution in [0.5, 0.6) is 11.7 Å². The van der Waals surface area contributed by atoms with Crippen LogP contribution < -0.4 is 10.1 Å². The van der Waals surface area contributed by atoms with Gasteiger partial charge in [0.15, 0.2) is 5.76 Å². The average Bonchev–Trinajstić information content (AvgIpc) is 2.86. The molecule has 2 N–H and O–H groups in total. The van der Waals surface area contributed by atoms with Gasteiger partial charge in [-0.15, -0.1) is 0 Å². The first kappa shape index (κ1) is 12.2. The lowest BCUT2D eigenvalue weighted by Gasteiger charge is -2.01. The smallest absolute Gasteiger partial charge is 0.290 e. The molecule has 5 heteroatoms. The van der Waals surface area contributed by atoms with E-state index in [4.69, 9.17) is 14.3 Å². The van der Waals surface area contributed by atoms with Gasteiger partial charge in [-0.3, -0.25) is 4.79 Å². The first-order chi connectivity index (χ1) is 8.79. The molecule has 1 aromatic carbocycles. The number of benzene rings is 1. The Morgan fingerprint density at radius 2 is 2.00 bits per heavy atom. The molecule has 1 amide bonds. The normalized spacial score (nSPS) is 10.1. The molecule has 1 heterocycles. The molecule has 0 aliphatic rings. The zero-order valence-electron chi connectivity index (χ0n) is 9.63. The molecule has 0 spiro atoms. The van der Waals surface area contributed by atoms with Gasteiger partial charge in [-0.25, -0.2) is 0 Å². The van der Waals surface area contributed by atoms with Crippen molar-refractivity contribution in [3.8, 4) is 11.7 Å². The molecule has 0 fully saturated rings. The average molecular weight is 247 g/mol. The Hall–Kier alpha value is -2.27. The zero-order chi connectivity index (χ0) is 12.8. The van der Waals surface area contributed by atoms with Crippen LogP contribution in [0.25, 0.3) is 0 Å². The Kier molecular flexibility index (Phi) is 3.98. The van der Waals surface area contributed by atoms with E-state index in [1.807, 2.05) is 18.2 Å². The second kappa shape index (κ2) is 5.88. The summed E-state index contributed by atoms with van der Waals surface area (Å²) in [6, 6.07) is 12.2. The van der Waals surface area contributed by atoms with Crippen molar-refractivity contribution in [2.75, 3.05) is 13.2 Å². The number of nitrogens with one attached hydrogen (secondary N) is 1. The molecule has 94 valence electrons. The third-order valence-electron chi connectivity index (χ3n) is 2.16. The number of ether oxygens (including phenoxy) is 1. The summed E-state index contributed by atoms with van der Waals surface area (Å²) in [4.78, 5) is 11.5. The molecule has 0 radical (unpaired) electrons. The number of furan rings is 1. The Balaban J connectivity index is 2.00. The third-order valence-corrected chi connectivity index (χ3v) is 2.16. The predicted octanol–water partition coefficient (Wildman–Crippen LogP) is 1.79. The summed E-state index contributed by atoms with van der Waals surface area (Å²) in [6.45, 7) is 0.0776. The van der Waals surface area contributed by atoms with Gasteiger partial charge in [0.1, 0.15) is 5.75 Å². The number of rotatable bonds is 5. The second-order valence-electron chi connectivity index (χ2n) is 3.51. The molecule has 0 atom stereocenters. The van der Waals surface area contributed by atoms with E-state index >= 15 is 0 Å². The van der Waals surface area contributed by atoms with Gasteiger partial charge in [-0.05, 0) is 18.2 Å². The maximum atomic E-state index is 11.5. The summed E-state index contributed by atoms with van der Waals surface area (Å²) in [7, 11) is 0. The number of carbonyl (C=O) groups is 1. The molecule has 0 saturated carbocycles. The molecule has 0 aliphatic carbocycles. The minimum atomic E-state index is -0.382. The van der Waals surface area contributed by atoms with Crippen molar-refractivity contribution in [1.82, 2.24) is 5.32 Å². The van der Waals surface area contributed by atoms with Crippen molar-refractivity contribution >= 4 is 5.91 Å². The third kappa shape index (κ3) is 3.11. The van der Waals surface area contributed by atoms with Crippen molar-refractivity contribution in [3.63, 3.8) is 0 Å². The largest absolute Gasteiger partial charge is 0.426 e. The molecule has 0 bridgehead atoms. The van der Waals surface area contributed by atoms with E-state index in [-0.39, 0.29) is 30.8 Å². The van der Waals surface area contributed by atoms with Crippen LogP contribution in [0.15, 0.2) is 46.9 Å². The van der Waals surface area contributed by atoms with E-state index in [2.05, 4.69) is 5.32 Å². The minimum absolute atomic E-state index is 0.111. The van der Waals surface area contributed by atoms with Gasteiger partial charge in [0.2, 0.25) is 0 Å². The standard InChI is InChI=1S/C13H13NO4/c15-9-8-14-13(16)11-6-7-12(18-11)17-10-4-2-1-3-5-10/h1-7,15H,8-9H2,(H,14,16). The van der Waals surface area contributed by atoms with Crippen LogP contribution in [-0.2, 0) is 0 Å².